The topological polar surface area (TPSA) is 120 Å². The zero-order valence-corrected chi connectivity index (χ0v) is 17.4. The standard InChI is InChI=1S/C17H22ClN5O4S/c1-4-9-12(16(25)26)28-17(21-9)23-6-5-10(11(7-23)27-3)20-15(24)14-19-8(2)13(18)22-14/h10-11H,4-7H2,1-3H3,(H,19,22)(H,20,24)(H,25,26). The number of aromatic carboxylic acids is 1. The molecule has 0 saturated carbocycles. The van der Waals surface area contributed by atoms with Crippen molar-refractivity contribution in [1.29, 1.82) is 0 Å². The van der Waals surface area contributed by atoms with E-state index >= 15 is 0 Å². The van der Waals surface area contributed by atoms with E-state index < -0.39 is 5.97 Å². The molecule has 0 bridgehead atoms. The highest BCUT2D eigenvalue weighted by Crippen LogP contribution is 2.29. The second kappa shape index (κ2) is 8.46. The summed E-state index contributed by atoms with van der Waals surface area (Å²) in [5.74, 6) is -1.14. The number of nitrogens with zero attached hydrogens (tertiary/aromatic N) is 3. The maximum atomic E-state index is 12.4. The molecule has 11 heteroatoms. The highest BCUT2D eigenvalue weighted by atomic mass is 35.5. The summed E-state index contributed by atoms with van der Waals surface area (Å²) < 4.78 is 5.58. The van der Waals surface area contributed by atoms with Crippen LogP contribution in [0.5, 0.6) is 0 Å². The molecule has 152 valence electrons. The van der Waals surface area contributed by atoms with Gasteiger partial charge in [-0.2, -0.15) is 0 Å². The number of carboxylic acid groups (broad SMARTS) is 1. The van der Waals surface area contributed by atoms with Gasteiger partial charge in [0.25, 0.3) is 5.91 Å². The Morgan fingerprint density at radius 3 is 2.75 bits per heavy atom. The van der Waals surface area contributed by atoms with Crippen molar-refractivity contribution in [3.8, 4) is 0 Å². The van der Waals surface area contributed by atoms with Crippen LogP contribution in [0.25, 0.3) is 0 Å². The fraction of sp³-hybridized carbons (Fsp3) is 0.529. The summed E-state index contributed by atoms with van der Waals surface area (Å²) in [4.78, 5) is 37.5. The van der Waals surface area contributed by atoms with Crippen LogP contribution in [0.15, 0.2) is 0 Å². The lowest BCUT2D eigenvalue weighted by Gasteiger charge is -2.37. The third-order valence-electron chi connectivity index (χ3n) is 4.70. The van der Waals surface area contributed by atoms with Crippen LogP contribution in [0.2, 0.25) is 5.15 Å². The molecule has 1 saturated heterocycles. The van der Waals surface area contributed by atoms with Crippen LogP contribution in [0.3, 0.4) is 0 Å². The molecular weight excluding hydrogens is 406 g/mol. The van der Waals surface area contributed by atoms with Crippen LogP contribution in [-0.2, 0) is 11.2 Å². The first-order valence-corrected chi connectivity index (χ1v) is 10.1. The van der Waals surface area contributed by atoms with E-state index in [1.165, 1.54) is 11.3 Å². The van der Waals surface area contributed by atoms with E-state index in [4.69, 9.17) is 16.3 Å². The second-order valence-corrected chi connectivity index (χ2v) is 7.86. The van der Waals surface area contributed by atoms with Crippen molar-refractivity contribution in [3.05, 3.63) is 27.2 Å². The first-order valence-electron chi connectivity index (χ1n) is 8.87. The molecule has 28 heavy (non-hydrogen) atoms. The Morgan fingerprint density at radius 2 is 2.21 bits per heavy atom. The lowest BCUT2D eigenvalue weighted by molar-refractivity contribution is 0.0538. The van der Waals surface area contributed by atoms with E-state index in [0.29, 0.717) is 42.5 Å². The molecular formula is C17H22ClN5O4S. The molecule has 3 N–H and O–H groups in total. The van der Waals surface area contributed by atoms with Crippen LogP contribution in [0.4, 0.5) is 5.13 Å². The number of methoxy groups -OCH3 is 1. The smallest absolute Gasteiger partial charge is 0.347 e. The number of carbonyl (C=O) groups excluding carboxylic acids is 1. The van der Waals surface area contributed by atoms with Gasteiger partial charge < -0.3 is 25.0 Å². The number of aromatic nitrogens is 3. The molecule has 0 aliphatic carbocycles. The Bertz CT molecular complexity index is 864. The molecule has 9 nitrogen and oxygen atoms in total. The van der Waals surface area contributed by atoms with Gasteiger partial charge in [0, 0.05) is 20.2 Å². The van der Waals surface area contributed by atoms with Crippen LogP contribution in [0.1, 0.15) is 45.0 Å². The first-order chi connectivity index (χ1) is 13.3. The third-order valence-corrected chi connectivity index (χ3v) is 6.22. The maximum absolute atomic E-state index is 12.4. The number of carbonyl (C=O) groups is 2. The molecule has 2 atom stereocenters. The molecule has 0 radical (unpaired) electrons. The van der Waals surface area contributed by atoms with Crippen LogP contribution in [-0.4, -0.2) is 64.3 Å². The number of hydrogen-bond acceptors (Lipinski definition) is 7. The quantitative estimate of drug-likeness (QED) is 0.645. The van der Waals surface area contributed by atoms with E-state index in [0.717, 1.165) is 0 Å². The van der Waals surface area contributed by atoms with Crippen LogP contribution in [0, 0.1) is 6.92 Å². The van der Waals surface area contributed by atoms with Gasteiger partial charge in [-0.3, -0.25) is 4.79 Å². The number of aromatic amines is 1. The second-order valence-electron chi connectivity index (χ2n) is 6.52. The Kier molecular flexibility index (Phi) is 6.21. The number of hydrogen-bond donors (Lipinski definition) is 3. The van der Waals surface area contributed by atoms with Gasteiger partial charge in [0.15, 0.2) is 16.1 Å². The summed E-state index contributed by atoms with van der Waals surface area (Å²) in [7, 11) is 1.59. The fourth-order valence-corrected chi connectivity index (χ4v) is 4.32. The third kappa shape index (κ3) is 4.13. The summed E-state index contributed by atoms with van der Waals surface area (Å²) >= 11 is 7.08. The summed E-state index contributed by atoms with van der Waals surface area (Å²) in [6, 6.07) is -0.206. The van der Waals surface area contributed by atoms with Gasteiger partial charge in [0.2, 0.25) is 0 Å². The van der Waals surface area contributed by atoms with Crippen molar-refractivity contribution in [1.82, 2.24) is 20.3 Å². The molecule has 2 unspecified atom stereocenters. The summed E-state index contributed by atoms with van der Waals surface area (Å²) in [6.45, 7) is 4.74. The highest BCUT2D eigenvalue weighted by Gasteiger charge is 2.33. The van der Waals surface area contributed by atoms with Gasteiger partial charge >= 0.3 is 5.97 Å². The number of piperidine rings is 1. The minimum Gasteiger partial charge on any atom is -0.477 e. The largest absolute Gasteiger partial charge is 0.477 e. The number of nitrogens with one attached hydrogen (secondary N) is 2. The van der Waals surface area contributed by atoms with Gasteiger partial charge in [-0.1, -0.05) is 29.9 Å². The molecule has 1 amide bonds. The van der Waals surface area contributed by atoms with Crippen molar-refractivity contribution in [2.75, 3.05) is 25.1 Å². The summed E-state index contributed by atoms with van der Waals surface area (Å²) in [5.41, 5.74) is 1.22. The van der Waals surface area contributed by atoms with Gasteiger partial charge in [-0.15, -0.1) is 0 Å². The number of ether oxygens (including phenoxy) is 1. The number of halogens is 1. The van der Waals surface area contributed by atoms with Crippen LogP contribution < -0.4 is 10.2 Å². The Morgan fingerprint density at radius 1 is 1.46 bits per heavy atom. The lowest BCUT2D eigenvalue weighted by atomic mass is 10.0. The lowest BCUT2D eigenvalue weighted by Crippen LogP contribution is -2.55. The monoisotopic (exact) mass is 427 g/mol. The average molecular weight is 428 g/mol. The van der Waals surface area contributed by atoms with Crippen molar-refractivity contribution in [2.24, 2.45) is 0 Å². The number of thiazole rings is 1. The van der Waals surface area contributed by atoms with Gasteiger partial charge in [-0.25, -0.2) is 14.8 Å². The summed E-state index contributed by atoms with van der Waals surface area (Å²) in [6.07, 6.45) is 0.913. The van der Waals surface area contributed by atoms with E-state index in [2.05, 4.69) is 20.3 Å². The first kappa shape index (κ1) is 20.6. The van der Waals surface area contributed by atoms with Crippen molar-refractivity contribution in [3.63, 3.8) is 0 Å². The minimum atomic E-state index is -0.960. The van der Waals surface area contributed by atoms with E-state index in [1.54, 1.807) is 14.0 Å². The number of anilines is 1. The van der Waals surface area contributed by atoms with Crippen molar-refractivity contribution >= 4 is 39.9 Å². The van der Waals surface area contributed by atoms with E-state index in [1.807, 2.05) is 11.8 Å². The van der Waals surface area contributed by atoms with Crippen molar-refractivity contribution < 1.29 is 19.4 Å². The zero-order valence-electron chi connectivity index (χ0n) is 15.8. The Hall–Kier alpha value is -2.17. The number of imidazole rings is 1. The predicted molar refractivity (Wildman–Crippen MR) is 106 cm³/mol. The molecule has 0 spiro atoms. The number of amides is 1. The van der Waals surface area contributed by atoms with Crippen LogP contribution >= 0.6 is 22.9 Å². The molecule has 1 fully saturated rings. The predicted octanol–water partition coefficient (Wildman–Crippen LogP) is 2.11. The minimum absolute atomic E-state index is 0.165. The number of H-pyrrole nitrogens is 1. The number of carboxylic acids is 1. The van der Waals surface area contributed by atoms with Crippen molar-refractivity contribution in [2.45, 2.75) is 38.8 Å². The highest BCUT2D eigenvalue weighted by molar-refractivity contribution is 7.17. The molecule has 3 heterocycles. The molecule has 3 rings (SSSR count). The molecule has 2 aromatic heterocycles. The maximum Gasteiger partial charge on any atom is 0.347 e. The van der Waals surface area contributed by atoms with Gasteiger partial charge in [0.05, 0.1) is 23.5 Å². The van der Waals surface area contributed by atoms with E-state index in [9.17, 15) is 14.7 Å². The van der Waals surface area contributed by atoms with E-state index in [-0.39, 0.29) is 33.9 Å². The zero-order chi connectivity index (χ0) is 20.4. The molecule has 2 aromatic rings. The van der Waals surface area contributed by atoms with Gasteiger partial charge in [-0.05, 0) is 19.8 Å². The number of aryl methyl sites for hydroxylation is 2. The normalized spacial score (nSPS) is 19.6. The summed E-state index contributed by atoms with van der Waals surface area (Å²) in [5, 5.41) is 13.2. The Labute approximate surface area is 171 Å². The molecule has 1 aliphatic heterocycles. The van der Waals surface area contributed by atoms with Gasteiger partial charge in [0.1, 0.15) is 4.88 Å². The number of rotatable bonds is 6. The Balaban J connectivity index is 1.70. The average Bonchev–Trinajstić information content (AvgIpc) is 3.26. The fourth-order valence-electron chi connectivity index (χ4n) is 3.16. The molecule has 0 aromatic carbocycles. The SMILES string of the molecule is CCc1nc(N2CCC(NC(=O)c3nc(Cl)c(C)[nH]3)C(OC)C2)sc1C(=O)O. The molecule has 1 aliphatic rings.